The Morgan fingerprint density at radius 1 is 1.10 bits per heavy atom. The van der Waals surface area contributed by atoms with Crippen LogP contribution in [0.15, 0.2) is 53.3 Å². The summed E-state index contributed by atoms with van der Waals surface area (Å²) in [5.41, 5.74) is 0.803. The SMILES string of the molecule is O=c1n(Cc2cccc(F)c2)nnn1-c1ccc(Cl)cc1. The molecule has 3 aromatic rings. The van der Waals surface area contributed by atoms with Gasteiger partial charge in [-0.15, -0.1) is 0 Å². The fourth-order valence-corrected chi connectivity index (χ4v) is 2.05. The smallest absolute Gasteiger partial charge is 0.244 e. The van der Waals surface area contributed by atoms with Crippen LogP contribution in [-0.4, -0.2) is 19.8 Å². The van der Waals surface area contributed by atoms with Gasteiger partial charge in [-0.2, -0.15) is 9.36 Å². The molecule has 0 amide bonds. The molecule has 3 rings (SSSR count). The molecule has 0 aliphatic carbocycles. The number of aromatic nitrogens is 4. The Morgan fingerprint density at radius 2 is 1.86 bits per heavy atom. The first-order valence-electron chi connectivity index (χ1n) is 6.17. The van der Waals surface area contributed by atoms with Gasteiger partial charge in [0.2, 0.25) is 0 Å². The van der Waals surface area contributed by atoms with Crippen LogP contribution in [-0.2, 0) is 6.54 Å². The molecule has 5 nitrogen and oxygen atoms in total. The average Bonchev–Trinajstić information content (AvgIpc) is 2.81. The summed E-state index contributed by atoms with van der Waals surface area (Å²) in [6, 6.07) is 12.7. The lowest BCUT2D eigenvalue weighted by Gasteiger charge is -2.00. The molecule has 1 heterocycles. The molecule has 0 N–H and O–H groups in total. The summed E-state index contributed by atoms with van der Waals surface area (Å²) in [5, 5.41) is 8.18. The third-order valence-corrected chi connectivity index (χ3v) is 3.18. The molecule has 106 valence electrons. The minimum absolute atomic E-state index is 0.157. The van der Waals surface area contributed by atoms with E-state index in [2.05, 4.69) is 10.4 Å². The summed E-state index contributed by atoms with van der Waals surface area (Å²) in [4.78, 5) is 12.2. The van der Waals surface area contributed by atoms with Crippen molar-refractivity contribution in [3.8, 4) is 5.69 Å². The normalized spacial score (nSPS) is 10.8. The van der Waals surface area contributed by atoms with Crippen molar-refractivity contribution in [2.24, 2.45) is 0 Å². The summed E-state index contributed by atoms with van der Waals surface area (Å²) < 4.78 is 15.5. The quantitative estimate of drug-likeness (QED) is 0.746. The number of tetrazole rings is 1. The lowest BCUT2D eigenvalue weighted by molar-refractivity contribution is 0.608. The molecule has 2 aromatic carbocycles. The van der Waals surface area contributed by atoms with E-state index in [0.29, 0.717) is 16.3 Å². The largest absolute Gasteiger partial charge is 0.368 e. The fraction of sp³-hybridized carbons (Fsp3) is 0.0714. The number of hydrogen-bond acceptors (Lipinski definition) is 3. The van der Waals surface area contributed by atoms with Gasteiger partial charge in [0.15, 0.2) is 0 Å². The molecule has 0 bridgehead atoms. The van der Waals surface area contributed by atoms with E-state index < -0.39 is 5.69 Å². The van der Waals surface area contributed by atoms with Gasteiger partial charge in [-0.1, -0.05) is 23.7 Å². The van der Waals surface area contributed by atoms with E-state index >= 15 is 0 Å². The molecule has 0 atom stereocenters. The molecular weight excluding hydrogens is 295 g/mol. The Balaban J connectivity index is 1.92. The highest BCUT2D eigenvalue weighted by Crippen LogP contribution is 2.11. The Morgan fingerprint density at radius 3 is 2.57 bits per heavy atom. The van der Waals surface area contributed by atoms with Gasteiger partial charge in [0.25, 0.3) is 0 Å². The molecular formula is C14H10ClFN4O. The van der Waals surface area contributed by atoms with Crippen molar-refractivity contribution in [3.63, 3.8) is 0 Å². The molecule has 1 aromatic heterocycles. The van der Waals surface area contributed by atoms with Gasteiger partial charge in [0, 0.05) is 5.02 Å². The van der Waals surface area contributed by atoms with E-state index in [-0.39, 0.29) is 12.4 Å². The molecule has 0 radical (unpaired) electrons. The topological polar surface area (TPSA) is 52.7 Å². The fourth-order valence-electron chi connectivity index (χ4n) is 1.93. The zero-order valence-corrected chi connectivity index (χ0v) is 11.5. The van der Waals surface area contributed by atoms with E-state index in [1.54, 1.807) is 36.4 Å². The van der Waals surface area contributed by atoms with E-state index in [4.69, 9.17) is 11.6 Å². The van der Waals surface area contributed by atoms with Crippen LogP contribution >= 0.6 is 11.6 Å². The highest BCUT2D eigenvalue weighted by atomic mass is 35.5. The first kappa shape index (κ1) is 13.5. The minimum atomic E-state index is -0.401. The standard InChI is InChI=1S/C14H10ClFN4O/c15-11-4-6-13(7-5-11)20-14(21)19(17-18-20)9-10-2-1-3-12(16)8-10/h1-8H,9H2. The molecule has 0 unspecified atom stereocenters. The summed E-state index contributed by atoms with van der Waals surface area (Å²) in [6.07, 6.45) is 0. The lowest BCUT2D eigenvalue weighted by Crippen LogP contribution is -2.24. The zero-order chi connectivity index (χ0) is 14.8. The van der Waals surface area contributed by atoms with Crippen LogP contribution in [0.1, 0.15) is 5.56 Å². The molecule has 0 aliphatic rings. The lowest BCUT2D eigenvalue weighted by atomic mass is 10.2. The molecule has 0 saturated heterocycles. The van der Waals surface area contributed by atoms with E-state index in [1.165, 1.54) is 16.8 Å². The van der Waals surface area contributed by atoms with Crippen molar-refractivity contribution >= 4 is 11.6 Å². The van der Waals surface area contributed by atoms with Crippen molar-refractivity contribution in [2.45, 2.75) is 6.54 Å². The number of nitrogens with zero attached hydrogens (tertiary/aromatic N) is 4. The third-order valence-electron chi connectivity index (χ3n) is 2.93. The van der Waals surface area contributed by atoms with Gasteiger partial charge >= 0.3 is 5.69 Å². The average molecular weight is 305 g/mol. The number of rotatable bonds is 3. The molecule has 0 aliphatic heterocycles. The van der Waals surface area contributed by atoms with Crippen molar-refractivity contribution < 1.29 is 4.39 Å². The van der Waals surface area contributed by atoms with Crippen LogP contribution in [0, 0.1) is 5.82 Å². The second-order valence-electron chi connectivity index (χ2n) is 4.44. The second-order valence-corrected chi connectivity index (χ2v) is 4.87. The van der Waals surface area contributed by atoms with Gasteiger partial charge in [-0.05, 0) is 52.4 Å². The van der Waals surface area contributed by atoms with Crippen LogP contribution in [0.5, 0.6) is 0 Å². The highest BCUT2D eigenvalue weighted by molar-refractivity contribution is 6.30. The third kappa shape index (κ3) is 2.85. The summed E-state index contributed by atoms with van der Waals surface area (Å²) in [6.45, 7) is 0.157. The van der Waals surface area contributed by atoms with E-state index in [0.717, 1.165) is 4.68 Å². The molecule has 0 spiro atoms. The molecule has 21 heavy (non-hydrogen) atoms. The Kier molecular flexibility index (Phi) is 3.53. The predicted octanol–water partition coefficient (Wildman–Crippen LogP) is 2.27. The van der Waals surface area contributed by atoms with Crippen LogP contribution in [0.3, 0.4) is 0 Å². The van der Waals surface area contributed by atoms with Gasteiger partial charge in [0.1, 0.15) is 5.82 Å². The first-order valence-corrected chi connectivity index (χ1v) is 6.54. The van der Waals surface area contributed by atoms with E-state index in [9.17, 15) is 9.18 Å². The van der Waals surface area contributed by atoms with Crippen molar-refractivity contribution in [2.75, 3.05) is 0 Å². The number of halogens is 2. The second kappa shape index (κ2) is 5.49. The van der Waals surface area contributed by atoms with Crippen LogP contribution in [0.4, 0.5) is 4.39 Å². The molecule has 7 heteroatoms. The maximum atomic E-state index is 13.1. The Bertz CT molecular complexity index is 825. The molecule has 0 fully saturated rings. The van der Waals surface area contributed by atoms with Crippen LogP contribution in [0.25, 0.3) is 5.69 Å². The Labute approximate surface area is 124 Å². The zero-order valence-electron chi connectivity index (χ0n) is 10.8. The minimum Gasteiger partial charge on any atom is -0.244 e. The van der Waals surface area contributed by atoms with Gasteiger partial charge in [-0.25, -0.2) is 9.18 Å². The van der Waals surface area contributed by atoms with E-state index in [1.807, 2.05) is 0 Å². The maximum Gasteiger partial charge on any atom is 0.368 e. The summed E-state index contributed by atoms with van der Waals surface area (Å²) in [5.74, 6) is -0.356. The van der Waals surface area contributed by atoms with Gasteiger partial charge in [0.05, 0.1) is 12.2 Å². The van der Waals surface area contributed by atoms with Crippen LogP contribution < -0.4 is 5.69 Å². The van der Waals surface area contributed by atoms with Crippen molar-refractivity contribution in [3.05, 3.63) is 75.4 Å². The number of hydrogen-bond donors (Lipinski definition) is 0. The van der Waals surface area contributed by atoms with Gasteiger partial charge in [-0.3, -0.25) is 0 Å². The summed E-state index contributed by atoms with van der Waals surface area (Å²) in [7, 11) is 0. The van der Waals surface area contributed by atoms with Crippen LogP contribution in [0.2, 0.25) is 5.02 Å². The Hall–Kier alpha value is -2.47. The highest BCUT2D eigenvalue weighted by Gasteiger charge is 2.09. The maximum absolute atomic E-state index is 13.1. The monoisotopic (exact) mass is 304 g/mol. The molecule has 0 saturated carbocycles. The van der Waals surface area contributed by atoms with Gasteiger partial charge < -0.3 is 0 Å². The first-order chi connectivity index (χ1) is 10.1. The predicted molar refractivity (Wildman–Crippen MR) is 76.1 cm³/mol. The summed E-state index contributed by atoms with van der Waals surface area (Å²) >= 11 is 5.80. The number of benzene rings is 2. The van der Waals surface area contributed by atoms with Crippen molar-refractivity contribution in [1.82, 2.24) is 19.8 Å². The van der Waals surface area contributed by atoms with Crippen molar-refractivity contribution in [1.29, 1.82) is 0 Å².